The lowest BCUT2D eigenvalue weighted by molar-refractivity contribution is 0.435. The van der Waals surface area contributed by atoms with Gasteiger partial charge in [0.2, 0.25) is 0 Å². The quantitative estimate of drug-likeness (QED) is 0.936. The van der Waals surface area contributed by atoms with Crippen LogP contribution in [0.2, 0.25) is 0 Å². The highest BCUT2D eigenvalue weighted by molar-refractivity contribution is 5.72. The van der Waals surface area contributed by atoms with Gasteiger partial charge >= 0.3 is 0 Å². The van der Waals surface area contributed by atoms with Gasteiger partial charge in [0.25, 0.3) is 5.56 Å². The third-order valence-electron chi connectivity index (χ3n) is 3.55. The molecule has 0 unspecified atom stereocenters. The Kier molecular flexibility index (Phi) is 4.46. The molecule has 0 aliphatic rings. The Balaban J connectivity index is 2.81. The van der Waals surface area contributed by atoms with E-state index in [2.05, 4.69) is 5.10 Å². The zero-order chi connectivity index (χ0) is 15.6. The summed E-state index contributed by atoms with van der Waals surface area (Å²) in [5, 5.41) is 14.8. The molecule has 0 saturated heterocycles. The van der Waals surface area contributed by atoms with Crippen LogP contribution in [0.4, 0.5) is 0 Å². The number of aromatic nitrogens is 2. The van der Waals surface area contributed by atoms with Crippen molar-refractivity contribution >= 4 is 0 Å². The molecular weight excluding hydrogens is 264 g/mol. The van der Waals surface area contributed by atoms with Crippen molar-refractivity contribution in [3.63, 3.8) is 0 Å². The van der Waals surface area contributed by atoms with Crippen LogP contribution in [0.3, 0.4) is 0 Å². The average molecular weight is 286 g/mol. The van der Waals surface area contributed by atoms with Crippen molar-refractivity contribution in [3.05, 3.63) is 45.9 Å². The molecular formula is C17H22N2O2. The highest BCUT2D eigenvalue weighted by Gasteiger charge is 2.20. The fraction of sp³-hybridized carbons (Fsp3) is 0.412. The fourth-order valence-electron chi connectivity index (χ4n) is 2.43. The Labute approximate surface area is 125 Å². The van der Waals surface area contributed by atoms with Crippen molar-refractivity contribution in [2.45, 2.75) is 46.6 Å². The molecule has 1 aromatic carbocycles. The van der Waals surface area contributed by atoms with Gasteiger partial charge in [-0.3, -0.25) is 4.79 Å². The lowest BCUT2D eigenvalue weighted by Crippen LogP contribution is -2.27. The first-order valence-electron chi connectivity index (χ1n) is 7.38. The van der Waals surface area contributed by atoms with Crippen molar-refractivity contribution in [1.82, 2.24) is 9.78 Å². The van der Waals surface area contributed by atoms with Crippen molar-refractivity contribution in [2.24, 2.45) is 0 Å². The van der Waals surface area contributed by atoms with E-state index in [0.717, 1.165) is 17.5 Å². The van der Waals surface area contributed by atoms with Crippen LogP contribution in [0.5, 0.6) is 5.75 Å². The third kappa shape index (κ3) is 2.84. The minimum absolute atomic E-state index is 0.0213. The monoisotopic (exact) mass is 286 g/mol. The van der Waals surface area contributed by atoms with Crippen LogP contribution in [0.15, 0.2) is 29.1 Å². The van der Waals surface area contributed by atoms with E-state index in [1.807, 2.05) is 52.0 Å². The molecule has 0 saturated carbocycles. The largest absolute Gasteiger partial charge is 0.505 e. The predicted molar refractivity (Wildman–Crippen MR) is 84.7 cm³/mol. The number of rotatable bonds is 4. The van der Waals surface area contributed by atoms with Gasteiger partial charge in [0, 0.05) is 0 Å². The maximum Gasteiger partial charge on any atom is 0.278 e. The van der Waals surface area contributed by atoms with E-state index < -0.39 is 0 Å². The Morgan fingerprint density at radius 1 is 1.29 bits per heavy atom. The van der Waals surface area contributed by atoms with E-state index in [9.17, 15) is 9.90 Å². The maximum atomic E-state index is 12.7. The van der Waals surface area contributed by atoms with Crippen LogP contribution in [-0.2, 0) is 6.42 Å². The first-order valence-corrected chi connectivity index (χ1v) is 7.38. The lowest BCUT2D eigenvalue weighted by atomic mass is 10.00. The molecule has 0 radical (unpaired) electrons. The first-order chi connectivity index (χ1) is 9.97. The van der Waals surface area contributed by atoms with Gasteiger partial charge in [-0.25, -0.2) is 4.68 Å². The highest BCUT2D eigenvalue weighted by Crippen LogP contribution is 2.31. The molecule has 2 aromatic rings. The lowest BCUT2D eigenvalue weighted by Gasteiger charge is -2.16. The second-order valence-electron chi connectivity index (χ2n) is 5.58. The number of benzene rings is 1. The molecule has 0 amide bonds. The minimum Gasteiger partial charge on any atom is -0.505 e. The van der Waals surface area contributed by atoms with E-state index in [1.165, 1.54) is 4.68 Å². The summed E-state index contributed by atoms with van der Waals surface area (Å²) in [6.07, 6.45) is 1.52. The second-order valence-corrected chi connectivity index (χ2v) is 5.58. The Hall–Kier alpha value is -2.10. The van der Waals surface area contributed by atoms with Gasteiger partial charge in [0.1, 0.15) is 5.69 Å². The van der Waals surface area contributed by atoms with E-state index in [-0.39, 0.29) is 17.4 Å². The SMILES string of the molecule is CCCc1nn(C(C)C)c(=O)c(-c2ccccc2C)c1O. The van der Waals surface area contributed by atoms with Crippen molar-refractivity contribution in [3.8, 4) is 16.9 Å². The maximum absolute atomic E-state index is 12.7. The smallest absolute Gasteiger partial charge is 0.278 e. The predicted octanol–water partition coefficient (Wildman–Crippen LogP) is 3.46. The van der Waals surface area contributed by atoms with E-state index in [4.69, 9.17) is 0 Å². The van der Waals surface area contributed by atoms with Crippen molar-refractivity contribution < 1.29 is 5.11 Å². The summed E-state index contributed by atoms with van der Waals surface area (Å²) in [6.45, 7) is 7.80. The van der Waals surface area contributed by atoms with Crippen LogP contribution >= 0.6 is 0 Å². The molecule has 0 aliphatic carbocycles. The summed E-state index contributed by atoms with van der Waals surface area (Å²) >= 11 is 0. The average Bonchev–Trinajstić information content (AvgIpc) is 2.43. The van der Waals surface area contributed by atoms with E-state index in [1.54, 1.807) is 0 Å². The Morgan fingerprint density at radius 2 is 1.95 bits per heavy atom. The first kappa shape index (κ1) is 15.3. The van der Waals surface area contributed by atoms with Crippen LogP contribution < -0.4 is 5.56 Å². The number of hydrogen-bond donors (Lipinski definition) is 1. The molecule has 1 N–H and O–H groups in total. The zero-order valence-electron chi connectivity index (χ0n) is 13.1. The normalized spacial score (nSPS) is 11.1. The van der Waals surface area contributed by atoms with Crippen molar-refractivity contribution in [1.29, 1.82) is 0 Å². The number of nitrogens with zero attached hydrogens (tertiary/aromatic N) is 2. The van der Waals surface area contributed by atoms with Gasteiger partial charge in [0.15, 0.2) is 5.75 Å². The van der Waals surface area contributed by atoms with Crippen LogP contribution in [-0.4, -0.2) is 14.9 Å². The molecule has 0 bridgehead atoms. The third-order valence-corrected chi connectivity index (χ3v) is 3.55. The van der Waals surface area contributed by atoms with Gasteiger partial charge in [-0.2, -0.15) is 5.10 Å². The molecule has 1 aromatic heterocycles. The summed E-state index contributed by atoms with van der Waals surface area (Å²) in [4.78, 5) is 12.7. The highest BCUT2D eigenvalue weighted by atomic mass is 16.3. The van der Waals surface area contributed by atoms with Crippen LogP contribution in [0, 0.1) is 6.92 Å². The van der Waals surface area contributed by atoms with E-state index in [0.29, 0.717) is 17.7 Å². The molecule has 21 heavy (non-hydrogen) atoms. The van der Waals surface area contributed by atoms with Gasteiger partial charge in [-0.15, -0.1) is 0 Å². The molecule has 4 heteroatoms. The molecule has 0 fully saturated rings. The fourth-order valence-corrected chi connectivity index (χ4v) is 2.43. The van der Waals surface area contributed by atoms with Gasteiger partial charge in [-0.1, -0.05) is 37.6 Å². The standard InChI is InChI=1S/C17H22N2O2/c1-5-8-14-16(20)15(13-10-7-6-9-12(13)4)17(21)19(18-14)11(2)3/h6-7,9-11,20H,5,8H2,1-4H3. The Morgan fingerprint density at radius 3 is 2.52 bits per heavy atom. The number of aryl methyl sites for hydroxylation is 2. The summed E-state index contributed by atoms with van der Waals surface area (Å²) in [7, 11) is 0. The summed E-state index contributed by atoms with van der Waals surface area (Å²) in [5.74, 6) is 0.0213. The summed E-state index contributed by atoms with van der Waals surface area (Å²) in [6, 6.07) is 7.56. The summed E-state index contributed by atoms with van der Waals surface area (Å²) < 4.78 is 1.46. The topological polar surface area (TPSA) is 55.1 Å². The molecule has 1 heterocycles. The molecule has 0 spiro atoms. The van der Waals surface area contributed by atoms with E-state index >= 15 is 0 Å². The molecule has 0 aliphatic heterocycles. The van der Waals surface area contributed by atoms with Crippen molar-refractivity contribution in [2.75, 3.05) is 0 Å². The van der Waals surface area contributed by atoms with Gasteiger partial charge in [0.05, 0.1) is 11.6 Å². The molecule has 0 atom stereocenters. The number of aromatic hydroxyl groups is 1. The Bertz CT molecular complexity index is 702. The molecule has 4 nitrogen and oxygen atoms in total. The molecule has 112 valence electrons. The summed E-state index contributed by atoms with van der Waals surface area (Å²) in [5.41, 5.74) is 2.45. The molecule has 2 rings (SSSR count). The van der Waals surface area contributed by atoms with Gasteiger partial charge in [-0.05, 0) is 38.3 Å². The number of hydrogen-bond acceptors (Lipinski definition) is 3. The van der Waals surface area contributed by atoms with Crippen LogP contribution in [0.25, 0.3) is 11.1 Å². The van der Waals surface area contributed by atoms with Crippen LogP contribution in [0.1, 0.15) is 44.5 Å². The second kappa shape index (κ2) is 6.12. The zero-order valence-corrected chi connectivity index (χ0v) is 13.1. The minimum atomic E-state index is -0.239. The van der Waals surface area contributed by atoms with Gasteiger partial charge < -0.3 is 5.11 Å².